The number of aromatic hydroxyl groups is 2. The first-order valence-electron chi connectivity index (χ1n) is 4.40. The van der Waals surface area contributed by atoms with Gasteiger partial charge in [-0.2, -0.15) is 4.98 Å². The molecule has 0 spiro atoms. The van der Waals surface area contributed by atoms with Gasteiger partial charge in [-0.05, 0) is 0 Å². The molecule has 2 aromatic heterocycles. The highest BCUT2D eigenvalue weighted by molar-refractivity contribution is 5.51. The van der Waals surface area contributed by atoms with Crippen LogP contribution in [0.5, 0.6) is 11.5 Å². The average molecular weight is 240 g/mol. The molecule has 9 nitrogen and oxygen atoms in total. The number of hydrogen-bond acceptors (Lipinski definition) is 8. The number of rotatable bonds is 2. The van der Waals surface area contributed by atoms with Gasteiger partial charge in [0.1, 0.15) is 12.9 Å². The zero-order valence-electron chi connectivity index (χ0n) is 8.36. The summed E-state index contributed by atoms with van der Waals surface area (Å²) in [6.45, 7) is -0.635. The zero-order valence-corrected chi connectivity index (χ0v) is 8.36. The lowest BCUT2D eigenvalue weighted by Gasteiger charge is -1.99. The lowest BCUT2D eigenvalue weighted by molar-refractivity contribution is 0.238. The van der Waals surface area contributed by atoms with Crippen LogP contribution in [0.1, 0.15) is 5.76 Å². The highest BCUT2D eigenvalue weighted by Crippen LogP contribution is 2.37. The predicted octanol–water partition coefficient (Wildman–Crippen LogP) is -1.29. The van der Waals surface area contributed by atoms with Gasteiger partial charge in [0.15, 0.2) is 5.76 Å². The molecule has 0 amide bonds. The first kappa shape index (κ1) is 11.0. The summed E-state index contributed by atoms with van der Waals surface area (Å²) in [5, 5.41) is 27.6. The van der Waals surface area contributed by atoms with Crippen LogP contribution < -0.4 is 11.4 Å². The van der Waals surface area contributed by atoms with Crippen LogP contribution in [0, 0.1) is 0 Å². The Kier molecular flexibility index (Phi) is 2.44. The smallest absolute Gasteiger partial charge is 0.359 e. The average Bonchev–Trinajstić information content (AvgIpc) is 2.57. The molecule has 0 unspecified atom stereocenters. The van der Waals surface area contributed by atoms with E-state index in [9.17, 15) is 15.0 Å². The summed E-state index contributed by atoms with van der Waals surface area (Å²) in [4.78, 5) is 18.3. The van der Waals surface area contributed by atoms with E-state index in [2.05, 4.69) is 9.97 Å². The molecule has 0 aliphatic heterocycles. The SMILES string of the molecule is Nc1ncn(-c2oc(CO)c(O)c2O)c(=O)n1. The summed E-state index contributed by atoms with van der Waals surface area (Å²) < 4.78 is 5.63. The second-order valence-electron chi connectivity index (χ2n) is 3.05. The van der Waals surface area contributed by atoms with Crippen molar-refractivity contribution in [3.05, 3.63) is 22.6 Å². The quantitative estimate of drug-likeness (QED) is 0.506. The van der Waals surface area contributed by atoms with Gasteiger partial charge in [0, 0.05) is 0 Å². The monoisotopic (exact) mass is 240 g/mol. The lowest BCUT2D eigenvalue weighted by Crippen LogP contribution is -2.22. The van der Waals surface area contributed by atoms with Crippen molar-refractivity contribution in [3.8, 4) is 17.4 Å². The maximum Gasteiger partial charge on any atom is 0.359 e. The van der Waals surface area contributed by atoms with Gasteiger partial charge in [-0.1, -0.05) is 0 Å². The molecule has 0 radical (unpaired) electrons. The van der Waals surface area contributed by atoms with Crippen molar-refractivity contribution in [2.75, 3.05) is 5.73 Å². The van der Waals surface area contributed by atoms with E-state index in [0.717, 1.165) is 10.9 Å². The first-order valence-corrected chi connectivity index (χ1v) is 4.40. The van der Waals surface area contributed by atoms with E-state index >= 15 is 0 Å². The third-order valence-corrected chi connectivity index (χ3v) is 2.00. The normalized spacial score (nSPS) is 10.6. The Labute approximate surface area is 93.4 Å². The largest absolute Gasteiger partial charge is 0.502 e. The van der Waals surface area contributed by atoms with Crippen LogP contribution in [0.3, 0.4) is 0 Å². The van der Waals surface area contributed by atoms with Crippen LogP contribution >= 0.6 is 0 Å². The highest BCUT2D eigenvalue weighted by atomic mass is 16.4. The lowest BCUT2D eigenvalue weighted by atomic mass is 10.4. The zero-order chi connectivity index (χ0) is 12.6. The molecule has 9 heteroatoms. The number of anilines is 1. The van der Waals surface area contributed by atoms with Gasteiger partial charge in [0.25, 0.3) is 5.88 Å². The first-order chi connectivity index (χ1) is 8.04. The number of aliphatic hydroxyl groups is 1. The Morgan fingerprint density at radius 1 is 1.41 bits per heavy atom. The van der Waals surface area contributed by atoms with Crippen LogP contribution in [-0.4, -0.2) is 29.9 Å². The second-order valence-corrected chi connectivity index (χ2v) is 3.05. The Hall–Kier alpha value is -2.55. The van der Waals surface area contributed by atoms with E-state index in [0.29, 0.717) is 0 Å². The Bertz CT molecular complexity index is 617. The van der Waals surface area contributed by atoms with Crippen molar-refractivity contribution in [2.24, 2.45) is 0 Å². The fourth-order valence-corrected chi connectivity index (χ4v) is 1.20. The van der Waals surface area contributed by atoms with Crippen molar-refractivity contribution in [3.63, 3.8) is 0 Å². The number of furan rings is 1. The molecule has 0 fully saturated rings. The summed E-state index contributed by atoms with van der Waals surface area (Å²) in [5.41, 5.74) is 4.35. The minimum absolute atomic E-state index is 0.233. The van der Waals surface area contributed by atoms with Crippen LogP contribution in [0.25, 0.3) is 5.88 Å². The molecule has 0 aromatic carbocycles. The number of nitrogen functional groups attached to an aromatic ring is 1. The molecule has 0 saturated heterocycles. The molecule has 0 aliphatic rings. The molecule has 0 atom stereocenters. The van der Waals surface area contributed by atoms with E-state index in [1.807, 2.05) is 0 Å². The number of nitrogens with zero attached hydrogens (tertiary/aromatic N) is 3. The molecular formula is C8H8N4O5. The molecule has 0 saturated carbocycles. The molecule has 2 heterocycles. The number of aliphatic hydroxyl groups excluding tert-OH is 1. The highest BCUT2D eigenvalue weighted by Gasteiger charge is 2.21. The molecule has 17 heavy (non-hydrogen) atoms. The van der Waals surface area contributed by atoms with E-state index < -0.39 is 29.7 Å². The molecule has 90 valence electrons. The van der Waals surface area contributed by atoms with Crippen molar-refractivity contribution in [1.29, 1.82) is 0 Å². The van der Waals surface area contributed by atoms with Crippen LogP contribution in [0.2, 0.25) is 0 Å². The van der Waals surface area contributed by atoms with Gasteiger partial charge in [-0.15, -0.1) is 0 Å². The van der Waals surface area contributed by atoms with E-state index in [1.165, 1.54) is 0 Å². The van der Waals surface area contributed by atoms with E-state index in [-0.39, 0.29) is 11.7 Å². The van der Waals surface area contributed by atoms with Crippen molar-refractivity contribution in [1.82, 2.24) is 14.5 Å². The van der Waals surface area contributed by atoms with Crippen molar-refractivity contribution < 1.29 is 19.7 Å². The Balaban J connectivity index is 2.65. The van der Waals surface area contributed by atoms with Crippen molar-refractivity contribution in [2.45, 2.75) is 6.61 Å². The third-order valence-electron chi connectivity index (χ3n) is 2.00. The summed E-state index contributed by atoms with van der Waals surface area (Å²) in [6, 6.07) is 0. The minimum atomic E-state index is -0.842. The predicted molar refractivity (Wildman–Crippen MR) is 53.6 cm³/mol. The van der Waals surface area contributed by atoms with Crippen LogP contribution in [-0.2, 0) is 6.61 Å². The summed E-state index contributed by atoms with van der Waals surface area (Å²) in [6.07, 6.45) is 0.976. The molecular weight excluding hydrogens is 232 g/mol. The summed E-state index contributed by atoms with van der Waals surface area (Å²) in [7, 11) is 0. The Morgan fingerprint density at radius 3 is 2.65 bits per heavy atom. The van der Waals surface area contributed by atoms with Gasteiger partial charge >= 0.3 is 5.69 Å². The van der Waals surface area contributed by atoms with Gasteiger partial charge in [0.05, 0.1) is 0 Å². The molecule has 2 aromatic rings. The standard InChI is InChI=1S/C8H8N4O5/c9-7-10-2-12(8(16)11-7)6-5(15)4(14)3(1-13)17-6/h2,13-15H,1H2,(H2,9,11,16). The maximum absolute atomic E-state index is 11.4. The minimum Gasteiger partial charge on any atom is -0.502 e. The summed E-state index contributed by atoms with van der Waals surface area (Å²) >= 11 is 0. The summed E-state index contributed by atoms with van der Waals surface area (Å²) in [5.74, 6) is -2.24. The van der Waals surface area contributed by atoms with Crippen molar-refractivity contribution >= 4 is 5.95 Å². The maximum atomic E-state index is 11.4. The van der Waals surface area contributed by atoms with Gasteiger partial charge in [-0.25, -0.2) is 14.3 Å². The topological polar surface area (TPSA) is 148 Å². The second kappa shape index (κ2) is 3.79. The fourth-order valence-electron chi connectivity index (χ4n) is 1.20. The molecule has 0 bridgehead atoms. The molecule has 0 aliphatic carbocycles. The van der Waals surface area contributed by atoms with Gasteiger partial charge in [0.2, 0.25) is 17.4 Å². The molecule has 5 N–H and O–H groups in total. The third kappa shape index (κ3) is 1.67. The van der Waals surface area contributed by atoms with Crippen LogP contribution in [0.15, 0.2) is 15.5 Å². The fraction of sp³-hybridized carbons (Fsp3) is 0.125. The van der Waals surface area contributed by atoms with Crippen LogP contribution in [0.4, 0.5) is 5.95 Å². The molecule has 2 rings (SSSR count). The number of hydrogen-bond donors (Lipinski definition) is 4. The Morgan fingerprint density at radius 2 is 2.12 bits per heavy atom. The van der Waals surface area contributed by atoms with Gasteiger partial charge < -0.3 is 25.5 Å². The van der Waals surface area contributed by atoms with E-state index in [1.54, 1.807) is 0 Å². The number of nitrogens with two attached hydrogens (primary N) is 1. The number of aromatic nitrogens is 3. The van der Waals surface area contributed by atoms with Gasteiger partial charge in [-0.3, -0.25) is 0 Å². The van der Waals surface area contributed by atoms with E-state index in [4.69, 9.17) is 15.3 Å².